The van der Waals surface area contributed by atoms with Crippen LogP contribution in [0.5, 0.6) is 0 Å². The van der Waals surface area contributed by atoms with Gasteiger partial charge in [0.25, 0.3) is 0 Å². The molecule has 3 aromatic rings. The second-order valence-electron chi connectivity index (χ2n) is 12.9. The Bertz CT molecular complexity index is 1660. The number of hydrogen-bond donors (Lipinski definition) is 2. The molecule has 2 fully saturated rings. The Morgan fingerprint density at radius 3 is 2.20 bits per heavy atom. The SMILES string of the molecule is C[C@]12C[C@H](c3ccc(-c4ccc(-c5nnn[nH]5)cc4)cc3)C3=C4CCC(=O)C=C4CC[C@H]3[C@@H]1CC[C@@]2(O)C(F)(F)C(F)(F)F. The fraction of sp³-hybridized carbons (Fsp3) is 0.455. The molecule has 0 radical (unpaired) electrons. The monoisotopic (exact) mass is 610 g/mol. The number of carbonyl (C=O) groups excluding carboxylic acids is 1. The Morgan fingerprint density at radius 2 is 1.57 bits per heavy atom. The van der Waals surface area contributed by atoms with Crippen LogP contribution in [0.2, 0.25) is 0 Å². The van der Waals surface area contributed by atoms with Gasteiger partial charge in [-0.15, -0.1) is 5.10 Å². The number of aliphatic hydroxyl groups is 1. The first-order valence-electron chi connectivity index (χ1n) is 14.9. The predicted octanol–water partition coefficient (Wildman–Crippen LogP) is 7.36. The van der Waals surface area contributed by atoms with E-state index in [9.17, 15) is 23.1 Å². The van der Waals surface area contributed by atoms with Crippen LogP contribution in [0.15, 0.2) is 71.3 Å². The molecule has 44 heavy (non-hydrogen) atoms. The van der Waals surface area contributed by atoms with Gasteiger partial charge in [-0.1, -0.05) is 61.0 Å². The fourth-order valence-corrected chi connectivity index (χ4v) is 8.72. The molecule has 5 atom stereocenters. The van der Waals surface area contributed by atoms with Crippen LogP contribution in [0, 0.1) is 17.3 Å². The van der Waals surface area contributed by atoms with Crippen LogP contribution in [0.3, 0.4) is 0 Å². The number of ketones is 1. The highest BCUT2D eigenvalue weighted by Gasteiger charge is 2.79. The Balaban J connectivity index is 1.30. The molecule has 1 aromatic heterocycles. The van der Waals surface area contributed by atoms with Gasteiger partial charge in [0.2, 0.25) is 0 Å². The van der Waals surface area contributed by atoms with Crippen LogP contribution in [0.25, 0.3) is 22.5 Å². The van der Waals surface area contributed by atoms with Gasteiger partial charge in [-0.3, -0.25) is 4.79 Å². The summed E-state index contributed by atoms with van der Waals surface area (Å²) in [5.74, 6) is -5.93. The molecule has 1 heterocycles. The van der Waals surface area contributed by atoms with E-state index in [1.54, 1.807) is 6.08 Å². The number of fused-ring (bicyclic) bond motifs is 4. The van der Waals surface area contributed by atoms with E-state index in [0.29, 0.717) is 31.5 Å². The van der Waals surface area contributed by atoms with Crippen LogP contribution in [0.1, 0.15) is 63.4 Å². The molecular weight excluding hydrogens is 579 g/mol. The number of halogens is 5. The highest BCUT2D eigenvalue weighted by atomic mass is 19.4. The van der Waals surface area contributed by atoms with Crippen molar-refractivity contribution in [2.24, 2.45) is 17.3 Å². The molecule has 0 spiro atoms. The number of allylic oxidation sites excluding steroid dienone is 4. The lowest BCUT2D eigenvalue weighted by atomic mass is 9.50. The molecule has 2 saturated carbocycles. The van der Waals surface area contributed by atoms with Crippen molar-refractivity contribution < 1.29 is 31.9 Å². The molecule has 6 nitrogen and oxygen atoms in total. The van der Waals surface area contributed by atoms with E-state index in [-0.39, 0.29) is 24.5 Å². The zero-order chi connectivity index (χ0) is 31.1. The first kappa shape index (κ1) is 29.0. The van der Waals surface area contributed by atoms with Crippen LogP contribution < -0.4 is 0 Å². The Labute approximate surface area is 250 Å². The first-order chi connectivity index (χ1) is 20.8. The maximum absolute atomic E-state index is 15.2. The lowest BCUT2D eigenvalue weighted by Gasteiger charge is -2.56. The maximum atomic E-state index is 15.2. The van der Waals surface area contributed by atoms with E-state index in [4.69, 9.17) is 0 Å². The van der Waals surface area contributed by atoms with Gasteiger partial charge in [0.15, 0.2) is 11.6 Å². The standard InChI is InChI=1S/C33H31F5N4O2/c1-30-17-26(20-6-2-18(3-7-20)19-4-8-21(9-5-19)29-39-41-42-40-29)28-24-13-11-23(43)16-22(24)10-12-25(28)27(30)14-15-31(30,44)32(34,35)33(36,37)38/h2-9,16,25-27,44H,10-15,17H2,1H3,(H,39,40,41,42)/t25-,26+,27-,30-,31-/m0/s1. The summed E-state index contributed by atoms with van der Waals surface area (Å²) in [4.78, 5) is 12.3. The number of benzene rings is 2. The summed E-state index contributed by atoms with van der Waals surface area (Å²) in [6.07, 6.45) is -2.77. The molecule has 4 aliphatic rings. The van der Waals surface area contributed by atoms with E-state index >= 15 is 8.78 Å². The van der Waals surface area contributed by atoms with E-state index in [2.05, 4.69) is 20.6 Å². The van der Waals surface area contributed by atoms with Gasteiger partial charge in [0, 0.05) is 23.3 Å². The topological polar surface area (TPSA) is 91.8 Å². The summed E-state index contributed by atoms with van der Waals surface area (Å²) in [6.45, 7) is 1.44. The van der Waals surface area contributed by atoms with Crippen LogP contribution in [0.4, 0.5) is 22.0 Å². The van der Waals surface area contributed by atoms with E-state index in [1.165, 1.54) is 6.92 Å². The number of aromatic amines is 1. The lowest BCUT2D eigenvalue weighted by Crippen LogP contribution is -2.65. The molecule has 4 aliphatic carbocycles. The number of H-pyrrole nitrogens is 1. The molecular formula is C33H31F5N4O2. The van der Waals surface area contributed by atoms with Crippen molar-refractivity contribution in [1.82, 2.24) is 20.6 Å². The van der Waals surface area contributed by atoms with Crippen LogP contribution >= 0.6 is 0 Å². The zero-order valence-corrected chi connectivity index (χ0v) is 24.0. The van der Waals surface area contributed by atoms with E-state index in [1.807, 2.05) is 48.5 Å². The first-order valence-corrected chi connectivity index (χ1v) is 14.9. The third kappa shape index (κ3) is 4.14. The van der Waals surface area contributed by atoms with Gasteiger partial charge < -0.3 is 5.11 Å². The summed E-state index contributed by atoms with van der Waals surface area (Å²) >= 11 is 0. The average Bonchev–Trinajstić information content (AvgIpc) is 3.63. The highest BCUT2D eigenvalue weighted by molar-refractivity contribution is 5.93. The van der Waals surface area contributed by atoms with Gasteiger partial charge >= 0.3 is 12.1 Å². The summed E-state index contributed by atoms with van der Waals surface area (Å²) in [5, 5.41) is 25.3. The number of nitrogens with zero attached hydrogens (tertiary/aromatic N) is 3. The number of carbonyl (C=O) groups is 1. The van der Waals surface area contributed by atoms with E-state index in [0.717, 1.165) is 39.0 Å². The Hall–Kier alpha value is -3.73. The van der Waals surface area contributed by atoms with Gasteiger partial charge in [0.05, 0.1) is 0 Å². The second-order valence-corrected chi connectivity index (χ2v) is 12.9. The van der Waals surface area contributed by atoms with Gasteiger partial charge in [-0.25, -0.2) is 5.10 Å². The summed E-state index contributed by atoms with van der Waals surface area (Å²) in [7, 11) is 0. The molecule has 0 aliphatic heterocycles. The van der Waals surface area contributed by atoms with Gasteiger partial charge in [-0.2, -0.15) is 22.0 Å². The van der Waals surface area contributed by atoms with Crippen molar-refractivity contribution in [3.8, 4) is 22.5 Å². The zero-order valence-electron chi connectivity index (χ0n) is 24.0. The minimum absolute atomic E-state index is 0.0460. The number of nitrogens with one attached hydrogen (secondary N) is 1. The van der Waals surface area contributed by atoms with Crippen molar-refractivity contribution in [2.75, 3.05) is 0 Å². The molecule has 0 unspecified atom stereocenters. The molecule has 230 valence electrons. The average molecular weight is 611 g/mol. The molecule has 0 saturated heterocycles. The van der Waals surface area contributed by atoms with Crippen molar-refractivity contribution in [2.45, 2.75) is 75.5 Å². The molecule has 7 rings (SSSR count). The van der Waals surface area contributed by atoms with Gasteiger partial charge in [0.1, 0.15) is 5.60 Å². The maximum Gasteiger partial charge on any atom is 0.456 e. The fourth-order valence-electron chi connectivity index (χ4n) is 8.72. The number of rotatable bonds is 4. The third-order valence-corrected chi connectivity index (χ3v) is 10.9. The number of hydrogen-bond acceptors (Lipinski definition) is 5. The summed E-state index contributed by atoms with van der Waals surface area (Å²) in [5.41, 5.74) is 1.58. The van der Waals surface area contributed by atoms with Crippen LogP contribution in [-0.4, -0.2) is 49.2 Å². The Morgan fingerprint density at radius 1 is 0.909 bits per heavy atom. The lowest BCUT2D eigenvalue weighted by molar-refractivity contribution is -0.362. The van der Waals surface area contributed by atoms with E-state index < -0.39 is 41.4 Å². The number of aromatic nitrogens is 4. The second kappa shape index (κ2) is 9.89. The molecule has 0 bridgehead atoms. The van der Waals surface area contributed by atoms with Crippen molar-refractivity contribution in [3.05, 3.63) is 76.9 Å². The molecule has 2 N–H and O–H groups in total. The predicted molar refractivity (Wildman–Crippen MR) is 151 cm³/mol. The summed E-state index contributed by atoms with van der Waals surface area (Å²) in [6, 6.07) is 15.3. The molecule has 0 amide bonds. The third-order valence-electron chi connectivity index (χ3n) is 10.9. The normalized spacial score (nSPS) is 30.5. The Kier molecular flexibility index (Phi) is 6.52. The quantitative estimate of drug-likeness (QED) is 0.301. The van der Waals surface area contributed by atoms with Crippen LogP contribution in [-0.2, 0) is 4.79 Å². The van der Waals surface area contributed by atoms with Gasteiger partial charge in [-0.05, 0) is 94.7 Å². The van der Waals surface area contributed by atoms with Crippen molar-refractivity contribution in [3.63, 3.8) is 0 Å². The number of alkyl halides is 5. The molecule has 11 heteroatoms. The van der Waals surface area contributed by atoms with Crippen molar-refractivity contribution >= 4 is 5.78 Å². The van der Waals surface area contributed by atoms with Crippen molar-refractivity contribution in [1.29, 1.82) is 0 Å². The minimum Gasteiger partial charge on any atom is -0.383 e. The summed E-state index contributed by atoms with van der Waals surface area (Å²) < 4.78 is 71.9. The minimum atomic E-state index is -5.87. The molecule has 2 aromatic carbocycles. The number of tetrazole rings is 1. The largest absolute Gasteiger partial charge is 0.456 e. The smallest absolute Gasteiger partial charge is 0.383 e. The highest BCUT2D eigenvalue weighted by Crippen LogP contribution is 2.70.